The first-order valence-corrected chi connectivity index (χ1v) is 4.38. The summed E-state index contributed by atoms with van der Waals surface area (Å²) in [6, 6.07) is 0. The van der Waals surface area contributed by atoms with E-state index in [1.807, 2.05) is 27.7 Å². The second-order valence-electron chi connectivity index (χ2n) is 2.88. The van der Waals surface area contributed by atoms with Crippen molar-refractivity contribution in [2.75, 3.05) is 0 Å². The minimum absolute atomic E-state index is 0.564. The molecule has 0 aliphatic rings. The van der Waals surface area contributed by atoms with Gasteiger partial charge < -0.3 is 0 Å². The Hall–Kier alpha value is -0.380. The molecule has 66 valence electrons. The van der Waals surface area contributed by atoms with Gasteiger partial charge >= 0.3 is 0 Å². The van der Waals surface area contributed by atoms with Crippen molar-refractivity contribution in [3.05, 3.63) is 21.2 Å². The molecule has 0 aliphatic carbocycles. The first-order chi connectivity index (χ1) is 5.45. The van der Waals surface area contributed by atoms with E-state index >= 15 is 0 Å². The molecule has 0 bridgehead atoms. The Morgan fingerprint density at radius 3 is 1.17 bits per heavy atom. The van der Waals surface area contributed by atoms with Crippen LogP contribution in [0.5, 0.6) is 0 Å². The van der Waals surface area contributed by atoms with Gasteiger partial charge in [0.1, 0.15) is 0 Å². The van der Waals surface area contributed by atoms with Gasteiger partial charge in [-0.3, -0.25) is 0 Å². The summed E-state index contributed by atoms with van der Waals surface area (Å²) in [4.78, 5) is 0. The van der Waals surface area contributed by atoms with Gasteiger partial charge in [-0.15, -0.1) is 0 Å². The molecule has 0 radical (unpaired) electrons. The molecule has 0 atom stereocenters. The van der Waals surface area contributed by atoms with E-state index in [-0.39, 0.29) is 0 Å². The molecule has 2 heteroatoms. The van der Waals surface area contributed by atoms with E-state index in [2.05, 4.69) is 11.8 Å². The Balaban J connectivity index is 4.66. The van der Waals surface area contributed by atoms with Gasteiger partial charge in [0.05, 0.1) is 10.1 Å². The molecule has 0 aromatic heterocycles. The summed E-state index contributed by atoms with van der Waals surface area (Å²) >= 11 is 11.6. The van der Waals surface area contributed by atoms with Gasteiger partial charge in [-0.1, -0.05) is 23.2 Å². The molecule has 0 unspecified atom stereocenters. The Bertz CT molecular complexity index is 249. The van der Waals surface area contributed by atoms with Crippen LogP contribution in [0.2, 0.25) is 0 Å². The first-order valence-electron chi connectivity index (χ1n) is 3.63. The molecular weight excluding hydrogens is 191 g/mol. The molecule has 0 fully saturated rings. The van der Waals surface area contributed by atoms with Crippen molar-refractivity contribution in [1.29, 1.82) is 0 Å². The number of hydrogen-bond acceptors (Lipinski definition) is 0. The molecule has 0 aromatic rings. The standard InChI is InChI=1S/C10H12Cl2/c1-7(2)9(11)5-6-10(12)8(3)4/h1-4H3. The summed E-state index contributed by atoms with van der Waals surface area (Å²) in [5.41, 5.74) is 2.00. The number of halogens is 2. The van der Waals surface area contributed by atoms with Crippen LogP contribution in [-0.4, -0.2) is 0 Å². The van der Waals surface area contributed by atoms with Gasteiger partial charge in [0.2, 0.25) is 0 Å². The molecule has 0 spiro atoms. The van der Waals surface area contributed by atoms with Crippen LogP contribution in [0, 0.1) is 11.8 Å². The van der Waals surface area contributed by atoms with E-state index in [9.17, 15) is 0 Å². The summed E-state index contributed by atoms with van der Waals surface area (Å²) in [6.45, 7) is 7.64. The molecule has 0 saturated heterocycles. The Morgan fingerprint density at radius 1 is 0.750 bits per heavy atom. The van der Waals surface area contributed by atoms with E-state index in [0.717, 1.165) is 11.1 Å². The predicted octanol–water partition coefficient (Wildman–Crippen LogP) is 4.06. The first kappa shape index (κ1) is 11.6. The van der Waals surface area contributed by atoms with Crippen LogP contribution in [0.1, 0.15) is 27.7 Å². The highest BCUT2D eigenvalue weighted by atomic mass is 35.5. The van der Waals surface area contributed by atoms with Crippen molar-refractivity contribution in [3.63, 3.8) is 0 Å². The third-order valence-electron chi connectivity index (χ3n) is 1.16. The highest BCUT2D eigenvalue weighted by Gasteiger charge is 1.90. The van der Waals surface area contributed by atoms with Crippen molar-refractivity contribution in [2.24, 2.45) is 0 Å². The normalized spacial score (nSPS) is 8.17. The molecular formula is C10H12Cl2. The lowest BCUT2D eigenvalue weighted by Crippen LogP contribution is -1.73. The molecule has 0 amide bonds. The lowest BCUT2D eigenvalue weighted by molar-refractivity contribution is 1.38. The summed E-state index contributed by atoms with van der Waals surface area (Å²) in [5, 5.41) is 1.13. The fourth-order valence-electron chi connectivity index (χ4n) is 0.360. The number of hydrogen-bond donors (Lipinski definition) is 0. The molecule has 0 heterocycles. The maximum Gasteiger partial charge on any atom is 0.0894 e. The lowest BCUT2D eigenvalue weighted by Gasteiger charge is -1.90. The molecule has 0 rings (SSSR count). The van der Waals surface area contributed by atoms with Crippen LogP contribution in [0.15, 0.2) is 21.2 Å². The third-order valence-corrected chi connectivity index (χ3v) is 2.10. The molecule has 0 nitrogen and oxygen atoms in total. The van der Waals surface area contributed by atoms with E-state index in [0.29, 0.717) is 10.1 Å². The highest BCUT2D eigenvalue weighted by molar-refractivity contribution is 6.34. The van der Waals surface area contributed by atoms with Crippen molar-refractivity contribution >= 4 is 23.2 Å². The Labute approximate surface area is 84.3 Å². The minimum Gasteiger partial charge on any atom is -0.0745 e. The quantitative estimate of drug-likeness (QED) is 0.521. The van der Waals surface area contributed by atoms with Crippen molar-refractivity contribution < 1.29 is 0 Å². The molecule has 0 N–H and O–H groups in total. The maximum absolute atomic E-state index is 5.79. The molecule has 0 aliphatic heterocycles. The summed E-state index contributed by atoms with van der Waals surface area (Å²) < 4.78 is 0. The minimum atomic E-state index is 0.564. The third kappa shape index (κ3) is 4.49. The van der Waals surface area contributed by atoms with Crippen molar-refractivity contribution in [1.82, 2.24) is 0 Å². The van der Waals surface area contributed by atoms with E-state index < -0.39 is 0 Å². The average Bonchev–Trinajstić information content (AvgIpc) is 1.98. The fourth-order valence-corrected chi connectivity index (χ4v) is 0.454. The van der Waals surface area contributed by atoms with Gasteiger partial charge in [0, 0.05) is 0 Å². The molecule has 0 aromatic carbocycles. The molecule has 12 heavy (non-hydrogen) atoms. The second kappa shape index (κ2) is 5.30. The Morgan fingerprint density at radius 2 is 1.00 bits per heavy atom. The zero-order valence-electron chi connectivity index (χ0n) is 7.76. The van der Waals surface area contributed by atoms with Gasteiger partial charge in [-0.25, -0.2) is 0 Å². The summed E-state index contributed by atoms with van der Waals surface area (Å²) in [7, 11) is 0. The fraction of sp³-hybridized carbons (Fsp3) is 0.400. The van der Waals surface area contributed by atoms with Gasteiger partial charge in [-0.2, -0.15) is 0 Å². The van der Waals surface area contributed by atoms with Gasteiger partial charge in [0.25, 0.3) is 0 Å². The predicted molar refractivity (Wildman–Crippen MR) is 56.2 cm³/mol. The molecule has 0 saturated carbocycles. The summed E-state index contributed by atoms with van der Waals surface area (Å²) in [6.07, 6.45) is 0. The van der Waals surface area contributed by atoms with Crippen molar-refractivity contribution in [3.8, 4) is 11.8 Å². The summed E-state index contributed by atoms with van der Waals surface area (Å²) in [5.74, 6) is 5.54. The second-order valence-corrected chi connectivity index (χ2v) is 3.63. The van der Waals surface area contributed by atoms with E-state index in [1.54, 1.807) is 0 Å². The monoisotopic (exact) mass is 202 g/mol. The average molecular weight is 203 g/mol. The van der Waals surface area contributed by atoms with E-state index in [1.165, 1.54) is 0 Å². The number of rotatable bonds is 0. The van der Waals surface area contributed by atoms with Crippen LogP contribution in [0.3, 0.4) is 0 Å². The van der Waals surface area contributed by atoms with Crippen LogP contribution < -0.4 is 0 Å². The smallest absolute Gasteiger partial charge is 0.0745 e. The zero-order chi connectivity index (χ0) is 9.72. The largest absolute Gasteiger partial charge is 0.0894 e. The van der Waals surface area contributed by atoms with Gasteiger partial charge in [0.15, 0.2) is 0 Å². The SMILES string of the molecule is CC(C)=C(Cl)C#CC(Cl)=C(C)C. The highest BCUT2D eigenvalue weighted by Crippen LogP contribution is 2.10. The number of allylic oxidation sites excluding steroid dienone is 4. The van der Waals surface area contributed by atoms with Crippen LogP contribution in [-0.2, 0) is 0 Å². The maximum atomic E-state index is 5.79. The topological polar surface area (TPSA) is 0 Å². The van der Waals surface area contributed by atoms with Crippen LogP contribution >= 0.6 is 23.2 Å². The van der Waals surface area contributed by atoms with Crippen LogP contribution in [0.4, 0.5) is 0 Å². The Kier molecular flexibility index (Phi) is 5.13. The lowest BCUT2D eigenvalue weighted by atomic mass is 10.3. The zero-order valence-corrected chi connectivity index (χ0v) is 9.27. The van der Waals surface area contributed by atoms with E-state index in [4.69, 9.17) is 23.2 Å². The van der Waals surface area contributed by atoms with Crippen molar-refractivity contribution in [2.45, 2.75) is 27.7 Å². The van der Waals surface area contributed by atoms with Gasteiger partial charge in [-0.05, 0) is 50.7 Å². The van der Waals surface area contributed by atoms with Crippen LogP contribution in [0.25, 0.3) is 0 Å².